The van der Waals surface area contributed by atoms with Crippen LogP contribution in [0.1, 0.15) is 5.69 Å². The van der Waals surface area contributed by atoms with Gasteiger partial charge in [0.05, 0.1) is 5.69 Å². The number of rotatable bonds is 5. The van der Waals surface area contributed by atoms with E-state index in [1.54, 1.807) is 12.3 Å². The molecule has 0 aliphatic rings. The number of ether oxygens (including phenoxy) is 1. The van der Waals surface area contributed by atoms with Crippen molar-refractivity contribution in [1.29, 1.82) is 0 Å². The summed E-state index contributed by atoms with van der Waals surface area (Å²) in [5, 5.41) is 12.2. The van der Waals surface area contributed by atoms with Crippen molar-refractivity contribution < 1.29 is 18.3 Å². The summed E-state index contributed by atoms with van der Waals surface area (Å²) < 4.78 is 28.5. The van der Waals surface area contributed by atoms with Crippen LogP contribution in [0.4, 0.5) is 25.0 Å². The number of amides is 2. The number of carbonyl (C=O) groups is 1. The van der Waals surface area contributed by atoms with E-state index in [-0.39, 0.29) is 5.75 Å². The first-order chi connectivity index (χ1) is 12.5. The molecule has 1 heterocycles. The van der Waals surface area contributed by atoms with Crippen LogP contribution in [0.5, 0.6) is 5.75 Å². The minimum Gasteiger partial charge on any atom is -0.435 e. The highest BCUT2D eigenvalue weighted by Gasteiger charge is 2.08. The Morgan fingerprint density at radius 2 is 1.85 bits per heavy atom. The minimum absolute atomic E-state index is 0.0224. The number of hydrogen-bond donors (Lipinski definition) is 3. The van der Waals surface area contributed by atoms with Crippen LogP contribution in [0.25, 0.3) is 11.1 Å². The zero-order chi connectivity index (χ0) is 18.5. The standard InChI is InChI=1S/C18H16F2N4O2/c1-11-16(10-21-24-11)12-3-2-4-14(9-12)23-18(25)22-13-5-7-15(8-6-13)26-17(19)20/h2-10,17H,1H3,(H,21,24)(H2,22,23,25). The first-order valence-electron chi connectivity index (χ1n) is 7.75. The molecule has 0 bridgehead atoms. The number of carbonyl (C=O) groups excluding carboxylic acids is 1. The van der Waals surface area contributed by atoms with Gasteiger partial charge in [0.15, 0.2) is 0 Å². The third-order valence-electron chi connectivity index (χ3n) is 3.60. The van der Waals surface area contributed by atoms with Crippen molar-refractivity contribution in [3.05, 3.63) is 60.4 Å². The van der Waals surface area contributed by atoms with Gasteiger partial charge in [0, 0.05) is 23.1 Å². The van der Waals surface area contributed by atoms with Crippen molar-refractivity contribution in [2.45, 2.75) is 13.5 Å². The maximum atomic E-state index is 12.1. The first kappa shape index (κ1) is 17.4. The largest absolute Gasteiger partial charge is 0.435 e. The van der Waals surface area contributed by atoms with Crippen molar-refractivity contribution in [3.63, 3.8) is 0 Å². The summed E-state index contributed by atoms with van der Waals surface area (Å²) in [6.45, 7) is -0.997. The molecule has 0 atom stereocenters. The van der Waals surface area contributed by atoms with E-state index in [1.807, 2.05) is 25.1 Å². The summed E-state index contributed by atoms with van der Waals surface area (Å²) >= 11 is 0. The second kappa shape index (κ2) is 7.64. The molecule has 3 N–H and O–H groups in total. The molecule has 2 aromatic carbocycles. The molecule has 6 nitrogen and oxygen atoms in total. The molecule has 3 rings (SSSR count). The fourth-order valence-electron chi connectivity index (χ4n) is 2.43. The number of benzene rings is 2. The molecular formula is C18H16F2N4O2. The molecular weight excluding hydrogens is 342 g/mol. The minimum atomic E-state index is -2.89. The van der Waals surface area contributed by atoms with Crippen molar-refractivity contribution >= 4 is 17.4 Å². The molecule has 8 heteroatoms. The number of urea groups is 1. The van der Waals surface area contributed by atoms with Gasteiger partial charge in [0.1, 0.15) is 5.75 Å². The highest BCUT2D eigenvalue weighted by atomic mass is 19.3. The number of nitrogens with zero attached hydrogens (tertiary/aromatic N) is 1. The Hall–Kier alpha value is -3.42. The number of aromatic amines is 1. The van der Waals surface area contributed by atoms with Gasteiger partial charge in [0.25, 0.3) is 0 Å². The van der Waals surface area contributed by atoms with E-state index >= 15 is 0 Å². The van der Waals surface area contributed by atoms with Gasteiger partial charge in [0.2, 0.25) is 0 Å². The summed E-state index contributed by atoms with van der Waals surface area (Å²) in [5.41, 5.74) is 3.79. The van der Waals surface area contributed by atoms with Crippen LogP contribution in [-0.2, 0) is 0 Å². The number of aryl methyl sites for hydroxylation is 1. The lowest BCUT2D eigenvalue weighted by Crippen LogP contribution is -2.19. The monoisotopic (exact) mass is 358 g/mol. The van der Waals surface area contributed by atoms with E-state index in [4.69, 9.17) is 0 Å². The van der Waals surface area contributed by atoms with E-state index in [0.717, 1.165) is 16.8 Å². The zero-order valence-corrected chi connectivity index (χ0v) is 13.8. The van der Waals surface area contributed by atoms with Crippen LogP contribution in [0.3, 0.4) is 0 Å². The van der Waals surface area contributed by atoms with E-state index < -0.39 is 12.6 Å². The normalized spacial score (nSPS) is 10.6. The SMILES string of the molecule is Cc1n[nH]cc1-c1cccc(NC(=O)Nc2ccc(OC(F)F)cc2)c1. The molecule has 0 unspecified atom stereocenters. The fourth-order valence-corrected chi connectivity index (χ4v) is 2.43. The maximum Gasteiger partial charge on any atom is 0.387 e. The molecule has 2 amide bonds. The summed E-state index contributed by atoms with van der Waals surface area (Å²) in [4.78, 5) is 12.1. The van der Waals surface area contributed by atoms with Crippen molar-refractivity contribution in [2.75, 3.05) is 10.6 Å². The molecule has 3 aromatic rings. The van der Waals surface area contributed by atoms with Gasteiger partial charge in [-0.3, -0.25) is 5.10 Å². The lowest BCUT2D eigenvalue weighted by Gasteiger charge is -2.10. The number of H-pyrrole nitrogens is 1. The Kier molecular flexibility index (Phi) is 5.12. The van der Waals surface area contributed by atoms with Gasteiger partial charge >= 0.3 is 12.6 Å². The van der Waals surface area contributed by atoms with Crippen molar-refractivity contribution in [3.8, 4) is 16.9 Å². The molecule has 0 saturated carbocycles. The Labute approximate surface area is 148 Å². The summed E-state index contributed by atoms with van der Waals surface area (Å²) in [6.07, 6.45) is 1.79. The first-order valence-corrected chi connectivity index (χ1v) is 7.75. The summed E-state index contributed by atoms with van der Waals surface area (Å²) in [5.74, 6) is 0.0224. The van der Waals surface area contributed by atoms with Crippen LogP contribution in [0, 0.1) is 6.92 Å². The molecule has 26 heavy (non-hydrogen) atoms. The number of alkyl halides is 2. The third-order valence-corrected chi connectivity index (χ3v) is 3.60. The molecule has 0 spiro atoms. The fraction of sp³-hybridized carbons (Fsp3) is 0.111. The van der Waals surface area contributed by atoms with E-state index in [1.165, 1.54) is 24.3 Å². The van der Waals surface area contributed by atoms with Crippen molar-refractivity contribution in [1.82, 2.24) is 10.2 Å². The van der Waals surface area contributed by atoms with Gasteiger partial charge in [-0.25, -0.2) is 4.79 Å². The molecule has 0 fully saturated rings. The Morgan fingerprint density at radius 1 is 1.12 bits per heavy atom. The van der Waals surface area contributed by atoms with Crippen LogP contribution in [0.2, 0.25) is 0 Å². The van der Waals surface area contributed by atoms with Gasteiger partial charge < -0.3 is 15.4 Å². The molecule has 0 saturated heterocycles. The molecule has 1 aromatic heterocycles. The highest BCUT2D eigenvalue weighted by molar-refractivity contribution is 6.00. The van der Waals surface area contributed by atoms with Crippen LogP contribution in [0.15, 0.2) is 54.7 Å². The molecule has 0 radical (unpaired) electrons. The lowest BCUT2D eigenvalue weighted by molar-refractivity contribution is -0.0498. The highest BCUT2D eigenvalue weighted by Crippen LogP contribution is 2.24. The average Bonchev–Trinajstić information content (AvgIpc) is 3.02. The Balaban J connectivity index is 1.64. The molecule has 0 aliphatic carbocycles. The predicted molar refractivity (Wildman–Crippen MR) is 94.5 cm³/mol. The average molecular weight is 358 g/mol. The van der Waals surface area contributed by atoms with Crippen LogP contribution in [-0.4, -0.2) is 22.8 Å². The number of hydrogen-bond acceptors (Lipinski definition) is 3. The number of halogens is 2. The lowest BCUT2D eigenvalue weighted by atomic mass is 10.1. The predicted octanol–water partition coefficient (Wildman–Crippen LogP) is 4.63. The second-order valence-corrected chi connectivity index (χ2v) is 5.45. The molecule has 0 aliphatic heterocycles. The zero-order valence-electron chi connectivity index (χ0n) is 13.8. The number of nitrogens with one attached hydrogen (secondary N) is 3. The smallest absolute Gasteiger partial charge is 0.387 e. The van der Waals surface area contributed by atoms with E-state index in [9.17, 15) is 13.6 Å². The quantitative estimate of drug-likeness (QED) is 0.622. The second-order valence-electron chi connectivity index (χ2n) is 5.45. The number of anilines is 2. The van der Waals surface area contributed by atoms with Crippen molar-refractivity contribution in [2.24, 2.45) is 0 Å². The van der Waals surface area contributed by atoms with Gasteiger partial charge in [-0.05, 0) is 48.9 Å². The summed E-state index contributed by atoms with van der Waals surface area (Å²) in [6, 6.07) is 12.5. The summed E-state index contributed by atoms with van der Waals surface area (Å²) in [7, 11) is 0. The number of aromatic nitrogens is 2. The maximum absolute atomic E-state index is 12.1. The van der Waals surface area contributed by atoms with Crippen LogP contribution >= 0.6 is 0 Å². The van der Waals surface area contributed by atoms with Gasteiger partial charge in [-0.2, -0.15) is 13.9 Å². The Morgan fingerprint density at radius 3 is 2.50 bits per heavy atom. The third kappa shape index (κ3) is 4.35. The molecule has 134 valence electrons. The topological polar surface area (TPSA) is 79.0 Å². The Bertz CT molecular complexity index is 894. The van der Waals surface area contributed by atoms with E-state index in [0.29, 0.717) is 11.4 Å². The van der Waals surface area contributed by atoms with Gasteiger partial charge in [-0.15, -0.1) is 0 Å². The van der Waals surface area contributed by atoms with Gasteiger partial charge in [-0.1, -0.05) is 12.1 Å². The van der Waals surface area contributed by atoms with E-state index in [2.05, 4.69) is 25.6 Å². The van der Waals surface area contributed by atoms with Crippen LogP contribution < -0.4 is 15.4 Å².